The van der Waals surface area contributed by atoms with Gasteiger partial charge >= 0.3 is 0 Å². The standard InChI is InChI=1S/C21H18FN5S/c22-18-9-5-4-8-15(18)13-26-11-10-19(25-26)27-20(23-24-21(27)28)17-12-16(17)14-6-2-1-3-7-14/h1-11,16-17H,12-13H2,(H,24,28)/t16-,17-/m0/s1. The molecule has 0 aliphatic heterocycles. The fourth-order valence-electron chi connectivity index (χ4n) is 3.69. The van der Waals surface area contributed by atoms with Crippen molar-refractivity contribution in [1.82, 2.24) is 24.5 Å². The van der Waals surface area contributed by atoms with Crippen molar-refractivity contribution < 1.29 is 4.39 Å². The van der Waals surface area contributed by atoms with Crippen LogP contribution >= 0.6 is 12.2 Å². The molecule has 1 aliphatic carbocycles. The van der Waals surface area contributed by atoms with Gasteiger partial charge in [0.25, 0.3) is 0 Å². The SMILES string of the molecule is Fc1ccccc1Cn1ccc(-n2c([C@H]3C[C@H]3c3ccccc3)n[nH]c2=S)n1. The molecule has 0 bridgehead atoms. The van der Waals surface area contributed by atoms with Crippen LogP contribution in [0.5, 0.6) is 0 Å². The predicted molar refractivity (Wildman–Crippen MR) is 107 cm³/mol. The molecule has 0 spiro atoms. The Labute approximate surface area is 166 Å². The van der Waals surface area contributed by atoms with E-state index in [9.17, 15) is 4.39 Å². The quantitative estimate of drug-likeness (QED) is 0.507. The van der Waals surface area contributed by atoms with E-state index in [1.165, 1.54) is 11.6 Å². The summed E-state index contributed by atoms with van der Waals surface area (Å²) in [6.07, 6.45) is 2.88. The highest BCUT2D eigenvalue weighted by Crippen LogP contribution is 2.54. The van der Waals surface area contributed by atoms with Gasteiger partial charge in [0.2, 0.25) is 4.77 Å². The van der Waals surface area contributed by atoms with Crippen LogP contribution in [0.2, 0.25) is 0 Å². The fourth-order valence-corrected chi connectivity index (χ4v) is 3.92. The Morgan fingerprint density at radius 3 is 2.64 bits per heavy atom. The molecule has 28 heavy (non-hydrogen) atoms. The van der Waals surface area contributed by atoms with Gasteiger partial charge in [-0.2, -0.15) is 10.2 Å². The Morgan fingerprint density at radius 1 is 1.04 bits per heavy atom. The highest BCUT2D eigenvalue weighted by atomic mass is 32.1. The summed E-state index contributed by atoms with van der Waals surface area (Å²) in [6, 6.07) is 19.1. The second-order valence-corrected chi connectivity index (χ2v) is 7.43. The van der Waals surface area contributed by atoms with E-state index < -0.39 is 0 Å². The van der Waals surface area contributed by atoms with E-state index in [4.69, 9.17) is 12.2 Å². The molecule has 7 heteroatoms. The summed E-state index contributed by atoms with van der Waals surface area (Å²) >= 11 is 5.45. The maximum Gasteiger partial charge on any atom is 0.201 e. The van der Waals surface area contributed by atoms with Crippen molar-refractivity contribution in [3.05, 3.63) is 94.4 Å². The zero-order valence-electron chi connectivity index (χ0n) is 15.0. The van der Waals surface area contributed by atoms with Crippen LogP contribution in [0.15, 0.2) is 66.9 Å². The molecule has 5 rings (SSSR count). The third-order valence-electron chi connectivity index (χ3n) is 5.19. The lowest BCUT2D eigenvalue weighted by molar-refractivity contribution is 0.583. The highest BCUT2D eigenvalue weighted by Gasteiger charge is 2.43. The highest BCUT2D eigenvalue weighted by molar-refractivity contribution is 7.71. The average Bonchev–Trinajstić information content (AvgIpc) is 3.22. The number of nitrogens with one attached hydrogen (secondary N) is 1. The van der Waals surface area contributed by atoms with Crippen LogP contribution in [0, 0.1) is 10.6 Å². The van der Waals surface area contributed by atoms with Gasteiger partial charge in [0.1, 0.15) is 11.6 Å². The molecule has 2 aromatic carbocycles. The fraction of sp³-hybridized carbons (Fsp3) is 0.190. The summed E-state index contributed by atoms with van der Waals surface area (Å²) in [5.74, 6) is 2.13. The molecule has 1 N–H and O–H groups in total. The number of halogens is 1. The van der Waals surface area contributed by atoms with Gasteiger partial charge < -0.3 is 0 Å². The zero-order valence-corrected chi connectivity index (χ0v) is 15.8. The molecule has 2 aromatic heterocycles. The molecule has 2 atom stereocenters. The lowest BCUT2D eigenvalue weighted by Crippen LogP contribution is -2.06. The van der Waals surface area contributed by atoms with Gasteiger partial charge in [0, 0.05) is 23.7 Å². The number of rotatable bonds is 5. The van der Waals surface area contributed by atoms with Gasteiger partial charge in [-0.25, -0.2) is 4.39 Å². The smallest absolute Gasteiger partial charge is 0.201 e. The number of hydrogen-bond acceptors (Lipinski definition) is 3. The van der Waals surface area contributed by atoms with Crippen LogP contribution in [0.1, 0.15) is 35.2 Å². The van der Waals surface area contributed by atoms with Gasteiger partial charge in [-0.1, -0.05) is 48.5 Å². The molecule has 1 fully saturated rings. The number of nitrogens with zero attached hydrogens (tertiary/aromatic N) is 4. The second kappa shape index (κ2) is 6.83. The molecule has 1 saturated carbocycles. The van der Waals surface area contributed by atoms with Crippen molar-refractivity contribution in [3.8, 4) is 5.82 Å². The largest absolute Gasteiger partial charge is 0.266 e. The van der Waals surface area contributed by atoms with Crippen LogP contribution < -0.4 is 0 Å². The van der Waals surface area contributed by atoms with Crippen LogP contribution in [-0.4, -0.2) is 24.5 Å². The molecule has 140 valence electrons. The van der Waals surface area contributed by atoms with Crippen molar-refractivity contribution in [2.75, 3.05) is 0 Å². The first-order valence-electron chi connectivity index (χ1n) is 9.20. The monoisotopic (exact) mass is 391 g/mol. The topological polar surface area (TPSA) is 51.4 Å². The van der Waals surface area contributed by atoms with Crippen molar-refractivity contribution in [2.24, 2.45) is 0 Å². The van der Waals surface area contributed by atoms with Crippen LogP contribution in [-0.2, 0) is 6.54 Å². The number of H-pyrrole nitrogens is 1. The van der Waals surface area contributed by atoms with Crippen LogP contribution in [0.25, 0.3) is 5.82 Å². The minimum absolute atomic E-state index is 0.233. The van der Waals surface area contributed by atoms with Gasteiger partial charge in [0.15, 0.2) is 5.82 Å². The average molecular weight is 391 g/mol. The summed E-state index contributed by atoms with van der Waals surface area (Å²) in [4.78, 5) is 0. The number of hydrogen-bond donors (Lipinski definition) is 1. The van der Waals surface area contributed by atoms with E-state index in [0.717, 1.165) is 12.2 Å². The summed E-state index contributed by atoms with van der Waals surface area (Å²) < 4.78 is 18.0. The maximum atomic E-state index is 13.9. The Morgan fingerprint density at radius 2 is 1.82 bits per heavy atom. The minimum Gasteiger partial charge on any atom is -0.266 e. The lowest BCUT2D eigenvalue weighted by Gasteiger charge is -2.05. The first kappa shape index (κ1) is 17.1. The summed E-state index contributed by atoms with van der Waals surface area (Å²) in [6.45, 7) is 0.364. The number of aromatic nitrogens is 5. The van der Waals surface area contributed by atoms with Crippen LogP contribution in [0.4, 0.5) is 4.39 Å². The Kier molecular flexibility index (Phi) is 4.16. The molecule has 0 unspecified atom stereocenters. The molecule has 4 aromatic rings. The van der Waals surface area contributed by atoms with E-state index in [2.05, 4.69) is 39.6 Å². The molecule has 0 amide bonds. The summed E-state index contributed by atoms with van der Waals surface area (Å²) in [7, 11) is 0. The number of aromatic amines is 1. The molecule has 1 aliphatic rings. The van der Waals surface area contributed by atoms with Crippen molar-refractivity contribution in [3.63, 3.8) is 0 Å². The van der Waals surface area contributed by atoms with E-state index in [1.807, 2.05) is 29.0 Å². The minimum atomic E-state index is -0.233. The summed E-state index contributed by atoms with van der Waals surface area (Å²) in [5.41, 5.74) is 1.91. The van der Waals surface area contributed by atoms with E-state index >= 15 is 0 Å². The first-order valence-corrected chi connectivity index (χ1v) is 9.61. The maximum absolute atomic E-state index is 13.9. The zero-order chi connectivity index (χ0) is 19.1. The Balaban J connectivity index is 1.43. The second-order valence-electron chi connectivity index (χ2n) is 7.04. The van der Waals surface area contributed by atoms with E-state index in [1.54, 1.807) is 16.8 Å². The lowest BCUT2D eigenvalue weighted by atomic mass is 10.1. The van der Waals surface area contributed by atoms with Gasteiger partial charge in [0.05, 0.1) is 6.54 Å². The van der Waals surface area contributed by atoms with Crippen molar-refractivity contribution >= 4 is 12.2 Å². The Hall–Kier alpha value is -3.06. The van der Waals surface area contributed by atoms with E-state index in [0.29, 0.717) is 34.5 Å². The molecule has 0 saturated heterocycles. The van der Waals surface area contributed by atoms with Crippen LogP contribution in [0.3, 0.4) is 0 Å². The number of benzene rings is 2. The van der Waals surface area contributed by atoms with Crippen molar-refractivity contribution in [2.45, 2.75) is 24.8 Å². The van der Waals surface area contributed by atoms with E-state index in [-0.39, 0.29) is 5.82 Å². The summed E-state index contributed by atoms with van der Waals surface area (Å²) in [5, 5.41) is 12.0. The van der Waals surface area contributed by atoms with Gasteiger partial charge in [-0.05, 0) is 36.2 Å². The third kappa shape index (κ3) is 3.07. The molecule has 2 heterocycles. The van der Waals surface area contributed by atoms with Gasteiger partial charge in [-0.15, -0.1) is 0 Å². The molecule has 0 radical (unpaired) electrons. The molecule has 5 nitrogen and oxygen atoms in total. The van der Waals surface area contributed by atoms with Crippen molar-refractivity contribution in [1.29, 1.82) is 0 Å². The first-order chi connectivity index (χ1) is 13.7. The van der Waals surface area contributed by atoms with Gasteiger partial charge in [-0.3, -0.25) is 14.3 Å². The Bertz CT molecular complexity index is 1180. The normalized spacial score (nSPS) is 18.3. The molecular weight excluding hydrogens is 373 g/mol. The third-order valence-corrected chi connectivity index (χ3v) is 5.47. The molecular formula is C21H18FN5S. The predicted octanol–water partition coefficient (Wildman–Crippen LogP) is 4.58.